The molecule has 0 fully saturated rings. The molecule has 1 aromatic carbocycles. The Labute approximate surface area is 137 Å². The molecule has 0 spiro atoms. The lowest BCUT2D eigenvalue weighted by Gasteiger charge is -2.14. The van der Waals surface area contributed by atoms with E-state index in [9.17, 15) is 39.9 Å². The van der Waals surface area contributed by atoms with E-state index in [0.29, 0.717) is 12.1 Å². The van der Waals surface area contributed by atoms with Crippen LogP contribution >= 0.6 is 0 Å². The van der Waals surface area contributed by atoms with Crippen molar-refractivity contribution in [1.82, 2.24) is 0 Å². The number of carboxylic acids is 2. The first-order chi connectivity index (χ1) is 11.5. The molecule has 1 rings (SSSR count). The second-order valence-corrected chi connectivity index (χ2v) is 4.60. The first-order valence-electron chi connectivity index (χ1n) is 6.37. The van der Waals surface area contributed by atoms with E-state index in [0.717, 1.165) is 0 Å². The maximum atomic E-state index is 11.2. The molecular weight excluding hydrogens is 348 g/mol. The zero-order chi connectivity index (χ0) is 19.3. The average Bonchev–Trinajstić information content (AvgIpc) is 2.49. The maximum absolute atomic E-state index is 11.2. The number of nitro benzene ring substituents is 3. The van der Waals surface area contributed by atoms with E-state index >= 15 is 0 Å². The van der Waals surface area contributed by atoms with Crippen LogP contribution in [0.3, 0.4) is 0 Å². The molecule has 14 nitrogen and oxygen atoms in total. The van der Waals surface area contributed by atoms with Gasteiger partial charge in [0.1, 0.15) is 6.04 Å². The highest BCUT2D eigenvalue weighted by Gasteiger charge is 2.33. The average molecular weight is 358 g/mol. The second-order valence-electron chi connectivity index (χ2n) is 4.60. The summed E-state index contributed by atoms with van der Waals surface area (Å²) in [6, 6.07) is -0.827. The third-order valence-corrected chi connectivity index (χ3v) is 2.95. The van der Waals surface area contributed by atoms with Crippen LogP contribution < -0.4 is 5.32 Å². The molecule has 1 atom stereocenters. The summed E-state index contributed by atoms with van der Waals surface area (Å²) < 4.78 is 0. The molecule has 0 bridgehead atoms. The fourth-order valence-corrected chi connectivity index (χ4v) is 1.84. The van der Waals surface area contributed by atoms with Gasteiger partial charge in [0.05, 0.1) is 26.9 Å². The predicted octanol–water partition coefficient (Wildman–Crippen LogP) is 1.14. The van der Waals surface area contributed by atoms with Crippen LogP contribution in [-0.2, 0) is 9.59 Å². The second kappa shape index (κ2) is 7.62. The van der Waals surface area contributed by atoms with E-state index < -0.39 is 68.3 Å². The van der Waals surface area contributed by atoms with Crippen LogP contribution in [0.4, 0.5) is 22.7 Å². The third-order valence-electron chi connectivity index (χ3n) is 2.95. The molecule has 0 aliphatic rings. The number of aliphatic carboxylic acids is 2. The minimum atomic E-state index is -1.70. The summed E-state index contributed by atoms with van der Waals surface area (Å²) in [6.07, 6.45) is -1.16. The van der Waals surface area contributed by atoms with Crippen molar-refractivity contribution in [2.75, 3.05) is 5.32 Å². The van der Waals surface area contributed by atoms with Gasteiger partial charge in [-0.1, -0.05) is 0 Å². The van der Waals surface area contributed by atoms with Crippen molar-refractivity contribution in [2.45, 2.75) is 18.9 Å². The Morgan fingerprint density at radius 2 is 1.48 bits per heavy atom. The number of carboxylic acid groups (broad SMARTS) is 2. The minimum absolute atomic E-state index is 0.436. The number of nitrogens with zero attached hydrogens (tertiary/aromatic N) is 3. The maximum Gasteiger partial charge on any atom is 0.326 e. The van der Waals surface area contributed by atoms with Crippen LogP contribution in [0.15, 0.2) is 12.1 Å². The van der Waals surface area contributed by atoms with E-state index in [2.05, 4.69) is 0 Å². The minimum Gasteiger partial charge on any atom is -0.481 e. The summed E-state index contributed by atoms with van der Waals surface area (Å²) in [5.74, 6) is -2.95. The van der Waals surface area contributed by atoms with Gasteiger partial charge in [0.25, 0.3) is 5.69 Å². The number of nitro groups is 3. The molecule has 0 saturated heterocycles. The van der Waals surface area contributed by atoms with Crippen LogP contribution in [-0.4, -0.2) is 43.0 Å². The van der Waals surface area contributed by atoms with E-state index in [1.165, 1.54) is 0 Å². The Morgan fingerprint density at radius 1 is 1.00 bits per heavy atom. The molecule has 1 aromatic rings. The van der Waals surface area contributed by atoms with Gasteiger partial charge in [-0.2, -0.15) is 0 Å². The van der Waals surface area contributed by atoms with Gasteiger partial charge in [0.2, 0.25) is 0 Å². The highest BCUT2D eigenvalue weighted by molar-refractivity contribution is 5.84. The molecule has 3 N–H and O–H groups in total. The highest BCUT2D eigenvalue weighted by atomic mass is 16.6. The van der Waals surface area contributed by atoms with Crippen molar-refractivity contribution in [2.24, 2.45) is 0 Å². The van der Waals surface area contributed by atoms with Crippen LogP contribution in [0.25, 0.3) is 0 Å². The number of non-ortho nitro benzene ring substituents is 1. The van der Waals surface area contributed by atoms with Crippen LogP contribution in [0.1, 0.15) is 12.8 Å². The first-order valence-corrected chi connectivity index (χ1v) is 6.37. The molecule has 134 valence electrons. The summed E-state index contributed by atoms with van der Waals surface area (Å²) in [7, 11) is 0. The van der Waals surface area contributed by atoms with E-state index in [1.54, 1.807) is 0 Å². The van der Waals surface area contributed by atoms with Gasteiger partial charge in [0, 0.05) is 6.42 Å². The summed E-state index contributed by atoms with van der Waals surface area (Å²) >= 11 is 0. The first kappa shape index (κ1) is 19.2. The SMILES string of the molecule is O=C(O)CCC(Nc1c([N+](=O)[O-])cc([N+](=O)[O-])cc1[N+](=O)[O-])C(=O)O. The molecule has 25 heavy (non-hydrogen) atoms. The Morgan fingerprint density at radius 3 is 1.80 bits per heavy atom. The monoisotopic (exact) mass is 358 g/mol. The molecule has 14 heteroatoms. The fourth-order valence-electron chi connectivity index (χ4n) is 1.84. The molecular formula is C11H10N4O10. The van der Waals surface area contributed by atoms with Crippen molar-refractivity contribution in [1.29, 1.82) is 0 Å². The van der Waals surface area contributed by atoms with Gasteiger partial charge in [-0.15, -0.1) is 0 Å². The summed E-state index contributed by atoms with van der Waals surface area (Å²) in [4.78, 5) is 51.2. The number of anilines is 1. The molecule has 0 radical (unpaired) electrons. The highest BCUT2D eigenvalue weighted by Crippen LogP contribution is 2.39. The van der Waals surface area contributed by atoms with Gasteiger partial charge in [-0.05, 0) is 6.42 Å². The number of hydrogen-bond donors (Lipinski definition) is 3. The van der Waals surface area contributed by atoms with E-state index in [-0.39, 0.29) is 0 Å². The van der Waals surface area contributed by atoms with Crippen LogP contribution in [0, 0.1) is 30.3 Å². The number of rotatable bonds is 9. The van der Waals surface area contributed by atoms with Gasteiger partial charge < -0.3 is 15.5 Å². The molecule has 0 aliphatic carbocycles. The van der Waals surface area contributed by atoms with Crippen molar-refractivity contribution < 1.29 is 34.6 Å². The van der Waals surface area contributed by atoms with E-state index in [4.69, 9.17) is 10.2 Å². The Hall–Kier alpha value is -3.84. The van der Waals surface area contributed by atoms with Crippen molar-refractivity contribution in [3.63, 3.8) is 0 Å². The predicted molar refractivity (Wildman–Crippen MR) is 78.3 cm³/mol. The molecule has 0 aliphatic heterocycles. The number of hydrogen-bond acceptors (Lipinski definition) is 9. The largest absolute Gasteiger partial charge is 0.481 e. The molecule has 0 amide bonds. The Balaban J connectivity index is 3.46. The number of nitrogens with one attached hydrogen (secondary N) is 1. The van der Waals surface area contributed by atoms with Crippen LogP contribution in [0.5, 0.6) is 0 Å². The van der Waals surface area contributed by atoms with Gasteiger partial charge in [0.15, 0.2) is 5.69 Å². The van der Waals surface area contributed by atoms with Gasteiger partial charge in [-0.25, -0.2) is 4.79 Å². The molecule has 0 heterocycles. The zero-order valence-corrected chi connectivity index (χ0v) is 12.1. The fraction of sp³-hybridized carbons (Fsp3) is 0.273. The Bertz CT molecular complexity index is 726. The van der Waals surface area contributed by atoms with Crippen molar-refractivity contribution in [3.05, 3.63) is 42.5 Å². The zero-order valence-electron chi connectivity index (χ0n) is 12.1. The summed E-state index contributed by atoms with van der Waals surface area (Å²) in [6.45, 7) is 0. The topological polar surface area (TPSA) is 216 Å². The molecule has 0 saturated carbocycles. The standard InChI is InChI=1S/C11H10N4O10/c16-9(17)2-1-6(11(18)19)12-10-7(14(22)23)3-5(13(20)21)4-8(10)15(24)25/h3-4,6,12H,1-2H2,(H,16,17)(H,18,19). The third kappa shape index (κ3) is 4.81. The number of benzene rings is 1. The van der Waals surface area contributed by atoms with Gasteiger partial charge in [-0.3, -0.25) is 35.1 Å². The quantitative estimate of drug-likeness (QED) is 0.420. The Kier molecular flexibility index (Phi) is 5.86. The van der Waals surface area contributed by atoms with Crippen molar-refractivity contribution in [3.8, 4) is 0 Å². The molecule has 0 aromatic heterocycles. The lowest BCUT2D eigenvalue weighted by molar-refractivity contribution is -0.401. The van der Waals surface area contributed by atoms with Crippen LogP contribution in [0.2, 0.25) is 0 Å². The lowest BCUT2D eigenvalue weighted by atomic mass is 10.1. The smallest absolute Gasteiger partial charge is 0.326 e. The normalized spacial score (nSPS) is 11.4. The molecule has 1 unspecified atom stereocenters. The summed E-state index contributed by atoms with van der Waals surface area (Å²) in [5.41, 5.74) is -3.95. The lowest BCUT2D eigenvalue weighted by Crippen LogP contribution is -2.30. The number of carbonyl (C=O) groups is 2. The van der Waals surface area contributed by atoms with Crippen molar-refractivity contribution >= 4 is 34.7 Å². The van der Waals surface area contributed by atoms with E-state index in [1.807, 2.05) is 5.32 Å². The van der Waals surface area contributed by atoms with Gasteiger partial charge >= 0.3 is 23.3 Å². The summed E-state index contributed by atoms with van der Waals surface area (Å²) in [5, 5.41) is 52.5.